The number of rotatable bonds is 3. The number of nitrogens with zero attached hydrogens (tertiary/aromatic N) is 3. The highest BCUT2D eigenvalue weighted by Crippen LogP contribution is 2.18. The molecule has 90 valence electrons. The normalized spacial score (nSPS) is 10.9. The zero-order chi connectivity index (χ0) is 12.4. The average Bonchev–Trinajstić information content (AvgIpc) is 2.83. The van der Waals surface area contributed by atoms with E-state index in [1.54, 1.807) is 0 Å². The van der Waals surface area contributed by atoms with Gasteiger partial charge in [-0.15, -0.1) is 10.2 Å². The molecule has 1 N–H and O–H groups in total. The summed E-state index contributed by atoms with van der Waals surface area (Å²) < 4.78 is 2.03. The summed E-state index contributed by atoms with van der Waals surface area (Å²) in [6, 6.07) is 14.2. The Morgan fingerprint density at radius 2 is 1.89 bits per heavy atom. The van der Waals surface area contributed by atoms with Crippen LogP contribution in [0.2, 0.25) is 0 Å². The van der Waals surface area contributed by atoms with Gasteiger partial charge in [0.1, 0.15) is 0 Å². The molecule has 4 nitrogen and oxygen atoms in total. The van der Waals surface area contributed by atoms with Gasteiger partial charge in [0.25, 0.3) is 0 Å². The van der Waals surface area contributed by atoms with Crippen LogP contribution < -0.4 is 5.32 Å². The van der Waals surface area contributed by atoms with Gasteiger partial charge in [-0.2, -0.15) is 0 Å². The Morgan fingerprint density at radius 3 is 2.67 bits per heavy atom. The number of benzene rings is 1. The summed E-state index contributed by atoms with van der Waals surface area (Å²) in [4.78, 5) is 0. The van der Waals surface area contributed by atoms with Gasteiger partial charge < -0.3 is 5.32 Å². The van der Waals surface area contributed by atoms with Crippen molar-refractivity contribution in [2.75, 3.05) is 7.05 Å². The Kier molecular flexibility index (Phi) is 2.78. The van der Waals surface area contributed by atoms with Crippen molar-refractivity contribution < 1.29 is 0 Å². The number of pyridine rings is 1. The fraction of sp³-hybridized carbons (Fsp3) is 0.143. The molecule has 0 radical (unpaired) electrons. The van der Waals surface area contributed by atoms with Crippen molar-refractivity contribution in [2.45, 2.75) is 6.54 Å². The molecular formula is C14H14N4. The van der Waals surface area contributed by atoms with Gasteiger partial charge in [-0.05, 0) is 18.7 Å². The summed E-state index contributed by atoms with van der Waals surface area (Å²) >= 11 is 0. The lowest BCUT2D eigenvalue weighted by Gasteiger charge is -2.03. The van der Waals surface area contributed by atoms with Gasteiger partial charge in [-0.25, -0.2) is 0 Å². The van der Waals surface area contributed by atoms with Crippen LogP contribution in [-0.4, -0.2) is 21.6 Å². The molecule has 0 saturated heterocycles. The molecule has 3 rings (SSSR count). The topological polar surface area (TPSA) is 42.2 Å². The van der Waals surface area contributed by atoms with Gasteiger partial charge in [0, 0.05) is 18.3 Å². The van der Waals surface area contributed by atoms with Crippen LogP contribution in [0, 0.1) is 0 Å². The van der Waals surface area contributed by atoms with Crippen molar-refractivity contribution in [1.82, 2.24) is 19.9 Å². The van der Waals surface area contributed by atoms with E-state index >= 15 is 0 Å². The lowest BCUT2D eigenvalue weighted by atomic mass is 10.2. The van der Waals surface area contributed by atoms with E-state index in [-0.39, 0.29) is 0 Å². The lowest BCUT2D eigenvalue weighted by Crippen LogP contribution is -2.05. The van der Waals surface area contributed by atoms with E-state index < -0.39 is 0 Å². The SMILES string of the molecule is CNCc1ccc2nnc(-c3ccccc3)n2c1. The van der Waals surface area contributed by atoms with E-state index in [4.69, 9.17) is 0 Å². The Hall–Kier alpha value is -2.20. The van der Waals surface area contributed by atoms with Gasteiger partial charge in [0.2, 0.25) is 0 Å². The molecule has 0 atom stereocenters. The average molecular weight is 238 g/mol. The summed E-state index contributed by atoms with van der Waals surface area (Å²) in [7, 11) is 1.94. The highest BCUT2D eigenvalue weighted by atomic mass is 15.2. The molecule has 0 fully saturated rings. The third-order valence-electron chi connectivity index (χ3n) is 2.88. The second kappa shape index (κ2) is 4.58. The third kappa shape index (κ3) is 1.87. The van der Waals surface area contributed by atoms with E-state index in [2.05, 4.69) is 27.8 Å². The standard InChI is InChI=1S/C14H14N4/c1-15-9-11-7-8-13-16-17-14(18(13)10-11)12-5-3-2-4-6-12/h2-8,10,15H,9H2,1H3. The molecule has 0 amide bonds. The van der Waals surface area contributed by atoms with Crippen LogP contribution in [0.15, 0.2) is 48.7 Å². The Balaban J connectivity index is 2.15. The van der Waals surface area contributed by atoms with E-state index in [9.17, 15) is 0 Å². The molecule has 0 bridgehead atoms. The minimum absolute atomic E-state index is 0.836. The molecule has 0 unspecified atom stereocenters. The summed E-state index contributed by atoms with van der Waals surface area (Å²) in [5, 5.41) is 11.6. The summed E-state index contributed by atoms with van der Waals surface area (Å²) in [6.07, 6.45) is 2.08. The van der Waals surface area contributed by atoms with E-state index in [0.717, 1.165) is 23.6 Å². The van der Waals surface area contributed by atoms with Crippen LogP contribution in [0.1, 0.15) is 5.56 Å². The van der Waals surface area contributed by atoms with Gasteiger partial charge in [-0.1, -0.05) is 36.4 Å². The van der Waals surface area contributed by atoms with Crippen molar-refractivity contribution in [3.05, 3.63) is 54.2 Å². The number of hydrogen-bond acceptors (Lipinski definition) is 3. The Morgan fingerprint density at radius 1 is 1.06 bits per heavy atom. The van der Waals surface area contributed by atoms with Gasteiger partial charge in [0.15, 0.2) is 11.5 Å². The van der Waals surface area contributed by atoms with Crippen molar-refractivity contribution in [3.63, 3.8) is 0 Å². The van der Waals surface area contributed by atoms with Crippen molar-refractivity contribution in [1.29, 1.82) is 0 Å². The van der Waals surface area contributed by atoms with E-state index in [1.807, 2.05) is 47.8 Å². The molecular weight excluding hydrogens is 224 g/mol. The second-order valence-corrected chi connectivity index (χ2v) is 4.19. The molecule has 4 heteroatoms. The van der Waals surface area contributed by atoms with Crippen LogP contribution in [0.3, 0.4) is 0 Å². The zero-order valence-corrected chi connectivity index (χ0v) is 10.2. The fourth-order valence-electron chi connectivity index (χ4n) is 2.03. The quantitative estimate of drug-likeness (QED) is 0.760. The van der Waals surface area contributed by atoms with Crippen molar-refractivity contribution in [3.8, 4) is 11.4 Å². The maximum Gasteiger partial charge on any atom is 0.168 e. The first kappa shape index (κ1) is 10.9. The highest BCUT2D eigenvalue weighted by molar-refractivity contribution is 5.59. The molecule has 0 aliphatic carbocycles. The highest BCUT2D eigenvalue weighted by Gasteiger charge is 2.07. The summed E-state index contributed by atoms with van der Waals surface area (Å²) in [6.45, 7) is 0.836. The smallest absolute Gasteiger partial charge is 0.168 e. The first-order valence-electron chi connectivity index (χ1n) is 5.92. The van der Waals surface area contributed by atoms with Gasteiger partial charge in [-0.3, -0.25) is 4.40 Å². The Labute approximate surface area is 105 Å². The van der Waals surface area contributed by atoms with Crippen LogP contribution in [0.5, 0.6) is 0 Å². The number of fused-ring (bicyclic) bond motifs is 1. The monoisotopic (exact) mass is 238 g/mol. The Bertz CT molecular complexity index is 658. The van der Waals surface area contributed by atoms with Crippen LogP contribution in [0.4, 0.5) is 0 Å². The minimum atomic E-state index is 0.836. The number of nitrogens with one attached hydrogen (secondary N) is 1. The maximum absolute atomic E-state index is 4.26. The molecule has 0 aliphatic heterocycles. The maximum atomic E-state index is 4.26. The first-order chi connectivity index (χ1) is 8.88. The van der Waals surface area contributed by atoms with E-state index in [0.29, 0.717) is 0 Å². The zero-order valence-electron chi connectivity index (χ0n) is 10.2. The largest absolute Gasteiger partial charge is 0.316 e. The molecule has 1 aromatic carbocycles. The lowest BCUT2D eigenvalue weighted by molar-refractivity contribution is 0.811. The number of aromatic nitrogens is 3. The van der Waals surface area contributed by atoms with Crippen LogP contribution in [-0.2, 0) is 6.54 Å². The summed E-state index contributed by atoms with van der Waals surface area (Å²) in [5.41, 5.74) is 3.15. The van der Waals surface area contributed by atoms with Crippen molar-refractivity contribution >= 4 is 5.65 Å². The minimum Gasteiger partial charge on any atom is -0.316 e. The van der Waals surface area contributed by atoms with Gasteiger partial charge >= 0.3 is 0 Å². The van der Waals surface area contributed by atoms with Gasteiger partial charge in [0.05, 0.1) is 0 Å². The van der Waals surface area contributed by atoms with Crippen LogP contribution in [0.25, 0.3) is 17.0 Å². The molecule has 18 heavy (non-hydrogen) atoms. The molecule has 0 spiro atoms. The number of hydrogen-bond donors (Lipinski definition) is 1. The third-order valence-corrected chi connectivity index (χ3v) is 2.88. The predicted molar refractivity (Wildman–Crippen MR) is 71.2 cm³/mol. The van der Waals surface area contributed by atoms with E-state index in [1.165, 1.54) is 5.56 Å². The first-order valence-corrected chi connectivity index (χ1v) is 5.92. The molecule has 0 saturated carbocycles. The molecule has 2 heterocycles. The summed E-state index contributed by atoms with van der Waals surface area (Å²) in [5.74, 6) is 0.878. The molecule has 3 aromatic rings. The second-order valence-electron chi connectivity index (χ2n) is 4.19. The predicted octanol–water partition coefficient (Wildman–Crippen LogP) is 2.12. The fourth-order valence-corrected chi connectivity index (χ4v) is 2.03. The molecule has 2 aromatic heterocycles. The van der Waals surface area contributed by atoms with Crippen LogP contribution >= 0.6 is 0 Å². The molecule has 0 aliphatic rings. The van der Waals surface area contributed by atoms with Crippen molar-refractivity contribution in [2.24, 2.45) is 0 Å².